The van der Waals surface area contributed by atoms with E-state index in [4.69, 9.17) is 4.98 Å². The summed E-state index contributed by atoms with van der Waals surface area (Å²) in [7, 11) is 0. The average Bonchev–Trinajstić information content (AvgIpc) is 2.71. The zero-order chi connectivity index (χ0) is 14.5. The van der Waals surface area contributed by atoms with Crippen LogP contribution in [0.3, 0.4) is 0 Å². The van der Waals surface area contributed by atoms with Gasteiger partial charge in [-0.2, -0.15) is 0 Å². The van der Waals surface area contributed by atoms with Gasteiger partial charge in [-0.3, -0.25) is 0 Å². The Balaban J connectivity index is 2.35. The van der Waals surface area contributed by atoms with E-state index in [1.54, 1.807) is 0 Å². The van der Waals surface area contributed by atoms with Crippen LogP contribution in [0, 0.1) is 0 Å². The Bertz CT molecular complexity index is 431. The first kappa shape index (κ1) is 15.3. The molecule has 1 aliphatic rings. The van der Waals surface area contributed by atoms with Crippen LogP contribution in [0.5, 0.6) is 0 Å². The third kappa shape index (κ3) is 3.51. The minimum Gasteiger partial charge on any atom is -0.392 e. The number of pyridine rings is 1. The van der Waals surface area contributed by atoms with Crippen molar-refractivity contribution in [1.29, 1.82) is 0 Å². The third-order valence-corrected chi connectivity index (χ3v) is 4.31. The first-order valence-corrected chi connectivity index (χ1v) is 8.04. The van der Waals surface area contributed by atoms with Crippen molar-refractivity contribution in [3.05, 3.63) is 23.4 Å². The Hall–Kier alpha value is -1.09. The SMILES string of the molecule is CCC1CCCCCN1c1cc(CO)cc(C(C)C)n1. The molecule has 1 unspecified atom stereocenters. The molecule has 3 heteroatoms. The van der Waals surface area contributed by atoms with Gasteiger partial charge in [-0.1, -0.05) is 33.6 Å². The lowest BCUT2D eigenvalue weighted by molar-refractivity contribution is 0.281. The molecule has 20 heavy (non-hydrogen) atoms. The lowest BCUT2D eigenvalue weighted by Gasteiger charge is -2.31. The fourth-order valence-electron chi connectivity index (χ4n) is 3.03. The van der Waals surface area contributed by atoms with Gasteiger partial charge in [0.15, 0.2) is 0 Å². The van der Waals surface area contributed by atoms with Gasteiger partial charge < -0.3 is 10.0 Å². The smallest absolute Gasteiger partial charge is 0.129 e. The monoisotopic (exact) mass is 276 g/mol. The molecule has 0 aromatic carbocycles. The first-order chi connectivity index (χ1) is 9.65. The zero-order valence-electron chi connectivity index (χ0n) is 13.1. The van der Waals surface area contributed by atoms with Gasteiger partial charge in [0.25, 0.3) is 0 Å². The molecular weight excluding hydrogens is 248 g/mol. The van der Waals surface area contributed by atoms with Crippen molar-refractivity contribution in [2.24, 2.45) is 0 Å². The minimum absolute atomic E-state index is 0.0971. The van der Waals surface area contributed by atoms with Gasteiger partial charge >= 0.3 is 0 Å². The second-order valence-electron chi connectivity index (χ2n) is 6.18. The molecule has 0 saturated carbocycles. The van der Waals surface area contributed by atoms with E-state index in [1.807, 2.05) is 6.07 Å². The van der Waals surface area contributed by atoms with Crippen molar-refractivity contribution in [2.45, 2.75) is 71.4 Å². The van der Waals surface area contributed by atoms with E-state index < -0.39 is 0 Å². The van der Waals surface area contributed by atoms with Crippen LogP contribution in [0.15, 0.2) is 12.1 Å². The molecule has 3 nitrogen and oxygen atoms in total. The lowest BCUT2D eigenvalue weighted by atomic mass is 10.1. The Morgan fingerprint density at radius 3 is 2.75 bits per heavy atom. The van der Waals surface area contributed by atoms with Crippen molar-refractivity contribution in [3.63, 3.8) is 0 Å². The minimum atomic E-state index is 0.0971. The Morgan fingerprint density at radius 1 is 1.30 bits per heavy atom. The average molecular weight is 276 g/mol. The van der Waals surface area contributed by atoms with E-state index in [1.165, 1.54) is 32.1 Å². The molecule has 0 bridgehead atoms. The van der Waals surface area contributed by atoms with E-state index in [9.17, 15) is 5.11 Å². The summed E-state index contributed by atoms with van der Waals surface area (Å²) < 4.78 is 0. The summed E-state index contributed by atoms with van der Waals surface area (Å²) in [6.45, 7) is 7.78. The van der Waals surface area contributed by atoms with E-state index in [2.05, 4.69) is 31.7 Å². The molecule has 2 rings (SSSR count). The number of aromatic nitrogens is 1. The lowest BCUT2D eigenvalue weighted by Crippen LogP contribution is -2.35. The van der Waals surface area contributed by atoms with Crippen LogP contribution in [-0.2, 0) is 6.61 Å². The number of rotatable bonds is 4. The maximum absolute atomic E-state index is 9.50. The van der Waals surface area contributed by atoms with E-state index in [0.29, 0.717) is 12.0 Å². The molecule has 1 aromatic rings. The second kappa shape index (κ2) is 7.07. The van der Waals surface area contributed by atoms with Gasteiger partial charge in [-0.05, 0) is 42.9 Å². The van der Waals surface area contributed by atoms with Crippen LogP contribution in [0.1, 0.15) is 70.1 Å². The number of hydrogen-bond donors (Lipinski definition) is 1. The predicted molar refractivity (Wildman–Crippen MR) is 84.1 cm³/mol. The number of hydrogen-bond acceptors (Lipinski definition) is 3. The fourth-order valence-corrected chi connectivity index (χ4v) is 3.03. The Labute approximate surface area is 123 Å². The maximum atomic E-state index is 9.50. The van der Waals surface area contributed by atoms with Crippen LogP contribution in [-0.4, -0.2) is 22.7 Å². The number of aliphatic hydroxyl groups excluding tert-OH is 1. The molecule has 0 aliphatic carbocycles. The summed E-state index contributed by atoms with van der Waals surface area (Å²) in [6.07, 6.45) is 6.33. The second-order valence-corrected chi connectivity index (χ2v) is 6.18. The van der Waals surface area contributed by atoms with Crippen molar-refractivity contribution in [1.82, 2.24) is 4.98 Å². The first-order valence-electron chi connectivity index (χ1n) is 8.04. The highest BCUT2D eigenvalue weighted by Crippen LogP contribution is 2.27. The normalized spacial score (nSPS) is 20.2. The molecule has 1 N–H and O–H groups in total. The van der Waals surface area contributed by atoms with Crippen LogP contribution in [0.4, 0.5) is 5.82 Å². The summed E-state index contributed by atoms with van der Waals surface area (Å²) >= 11 is 0. The van der Waals surface area contributed by atoms with Crippen LogP contribution >= 0.6 is 0 Å². The highest BCUT2D eigenvalue weighted by atomic mass is 16.3. The molecule has 112 valence electrons. The van der Waals surface area contributed by atoms with Crippen molar-refractivity contribution in [3.8, 4) is 0 Å². The largest absolute Gasteiger partial charge is 0.392 e. The summed E-state index contributed by atoms with van der Waals surface area (Å²) in [5, 5.41) is 9.50. The summed E-state index contributed by atoms with van der Waals surface area (Å²) in [6, 6.07) is 4.70. The van der Waals surface area contributed by atoms with E-state index >= 15 is 0 Å². The van der Waals surface area contributed by atoms with E-state index in [-0.39, 0.29) is 6.61 Å². The standard InChI is InChI=1S/C17H28N2O/c1-4-15-8-6-5-7-9-19(15)17-11-14(12-20)10-16(18-17)13(2)3/h10-11,13,15,20H,4-9,12H2,1-3H3. The maximum Gasteiger partial charge on any atom is 0.129 e. The van der Waals surface area contributed by atoms with Gasteiger partial charge in [-0.25, -0.2) is 4.98 Å². The van der Waals surface area contributed by atoms with Crippen molar-refractivity contribution in [2.75, 3.05) is 11.4 Å². The summed E-state index contributed by atoms with van der Waals surface area (Å²) in [5.74, 6) is 1.46. The zero-order valence-corrected chi connectivity index (χ0v) is 13.1. The molecule has 2 heterocycles. The van der Waals surface area contributed by atoms with Gasteiger partial charge in [0.1, 0.15) is 5.82 Å². The van der Waals surface area contributed by atoms with Crippen LogP contribution in [0.2, 0.25) is 0 Å². The molecule has 0 spiro atoms. The molecule has 1 saturated heterocycles. The fraction of sp³-hybridized carbons (Fsp3) is 0.706. The molecular formula is C17H28N2O. The molecule has 0 amide bonds. The number of anilines is 1. The highest BCUT2D eigenvalue weighted by Gasteiger charge is 2.21. The van der Waals surface area contributed by atoms with Crippen molar-refractivity contribution < 1.29 is 5.11 Å². The van der Waals surface area contributed by atoms with Crippen molar-refractivity contribution >= 4 is 5.82 Å². The van der Waals surface area contributed by atoms with Crippen LogP contribution < -0.4 is 4.90 Å². The number of aliphatic hydroxyl groups is 1. The summed E-state index contributed by atoms with van der Waals surface area (Å²) in [5.41, 5.74) is 2.07. The Kier molecular flexibility index (Phi) is 5.41. The molecule has 1 aliphatic heterocycles. The van der Waals surface area contributed by atoms with Crippen LogP contribution in [0.25, 0.3) is 0 Å². The van der Waals surface area contributed by atoms with E-state index in [0.717, 1.165) is 23.6 Å². The third-order valence-electron chi connectivity index (χ3n) is 4.31. The van der Waals surface area contributed by atoms with Gasteiger partial charge in [0.2, 0.25) is 0 Å². The molecule has 1 fully saturated rings. The van der Waals surface area contributed by atoms with Gasteiger partial charge in [0.05, 0.1) is 6.61 Å². The predicted octanol–water partition coefficient (Wildman–Crippen LogP) is 3.86. The quantitative estimate of drug-likeness (QED) is 0.907. The molecule has 1 aromatic heterocycles. The van der Waals surface area contributed by atoms with Gasteiger partial charge in [0, 0.05) is 18.3 Å². The molecule has 0 radical (unpaired) electrons. The Morgan fingerprint density at radius 2 is 2.10 bits per heavy atom. The topological polar surface area (TPSA) is 36.4 Å². The highest BCUT2D eigenvalue weighted by molar-refractivity contribution is 5.44. The number of nitrogens with zero attached hydrogens (tertiary/aromatic N) is 2. The molecule has 1 atom stereocenters. The van der Waals surface area contributed by atoms with Gasteiger partial charge in [-0.15, -0.1) is 0 Å². The summed E-state index contributed by atoms with van der Waals surface area (Å²) in [4.78, 5) is 7.33.